The Hall–Kier alpha value is -3.58. The zero-order chi connectivity index (χ0) is 25.5. The van der Waals surface area contributed by atoms with Gasteiger partial charge in [-0.05, 0) is 98.6 Å². The van der Waals surface area contributed by atoms with Crippen molar-refractivity contribution >= 4 is 0 Å². The van der Waals surface area contributed by atoms with Crippen LogP contribution in [-0.2, 0) is 4.74 Å². The van der Waals surface area contributed by atoms with Gasteiger partial charge in [0.25, 0.3) is 0 Å². The fourth-order valence-electron chi connectivity index (χ4n) is 3.29. The molecule has 0 aromatic rings. The minimum atomic E-state index is 0.536. The first-order valence-electron chi connectivity index (χ1n) is 11.6. The van der Waals surface area contributed by atoms with E-state index in [4.69, 9.17) is 4.74 Å². The van der Waals surface area contributed by atoms with Crippen LogP contribution >= 0.6 is 0 Å². The molecule has 0 amide bonds. The van der Waals surface area contributed by atoms with Crippen molar-refractivity contribution < 1.29 is 4.74 Å². The first kappa shape index (κ1) is 28.5. The predicted octanol–water partition coefficient (Wildman–Crippen LogP) is 9.89. The van der Waals surface area contributed by atoms with Gasteiger partial charge in [0, 0.05) is 0 Å². The molecule has 0 spiro atoms. The average molecular weight is 453 g/mol. The summed E-state index contributed by atoms with van der Waals surface area (Å²) in [6, 6.07) is 0. The highest BCUT2D eigenvalue weighted by Crippen LogP contribution is 2.27. The van der Waals surface area contributed by atoms with E-state index in [1.165, 1.54) is 16.7 Å². The molecule has 1 rings (SSSR count). The van der Waals surface area contributed by atoms with E-state index in [9.17, 15) is 0 Å². The zero-order valence-electron chi connectivity index (χ0n) is 21.7. The quantitative estimate of drug-likeness (QED) is 0.349. The van der Waals surface area contributed by atoms with E-state index in [0.717, 1.165) is 35.1 Å². The summed E-state index contributed by atoms with van der Waals surface area (Å²) in [5.74, 6) is 1.08. The van der Waals surface area contributed by atoms with Gasteiger partial charge in [0.15, 0.2) is 0 Å². The second kappa shape index (κ2) is 15.3. The van der Waals surface area contributed by atoms with Crippen molar-refractivity contribution in [1.82, 2.24) is 0 Å². The third kappa shape index (κ3) is 9.92. The molecule has 1 nitrogen and oxygen atoms in total. The SMILES string of the molecule is C=C/C(C)=C(C(/C)=C/C=C\C=C(C)\C(C)=C(/C)C=C)\C1=C\C(=C)OC(=C)/C=C\C=C/CC\C=C/1. The second-order valence-electron chi connectivity index (χ2n) is 8.26. The highest BCUT2D eigenvalue weighted by Gasteiger charge is 2.09. The van der Waals surface area contributed by atoms with Crippen LogP contribution in [0.3, 0.4) is 0 Å². The Morgan fingerprint density at radius 2 is 1.38 bits per heavy atom. The van der Waals surface area contributed by atoms with E-state index in [0.29, 0.717) is 11.5 Å². The Morgan fingerprint density at radius 1 is 0.765 bits per heavy atom. The van der Waals surface area contributed by atoms with E-state index in [2.05, 4.69) is 103 Å². The van der Waals surface area contributed by atoms with Gasteiger partial charge in [-0.1, -0.05) is 93.2 Å². The van der Waals surface area contributed by atoms with Crippen molar-refractivity contribution in [3.8, 4) is 0 Å². The standard InChI is InChI=1S/C33H40O/c1-10-25(3)31(9)27(5)20-18-19-21-28(6)33(26(4)11-2)32-23-17-15-13-12-14-16-22-29(7)34-30(8)24-32/h10-12,14,16-24H,1-2,7-8,13,15H2,3-6,9H3/b14-12-,19-18-,22-16-,23-17-,27-20+,28-21+,31-25+,32-24+,33-26-. The van der Waals surface area contributed by atoms with Crippen LogP contribution in [0.25, 0.3) is 0 Å². The van der Waals surface area contributed by atoms with Crippen LogP contribution in [0.4, 0.5) is 0 Å². The van der Waals surface area contributed by atoms with Crippen LogP contribution in [0.1, 0.15) is 47.5 Å². The molecule has 0 aromatic heterocycles. The molecule has 0 aliphatic carbocycles. The second-order valence-corrected chi connectivity index (χ2v) is 8.26. The lowest BCUT2D eigenvalue weighted by atomic mass is 9.92. The van der Waals surface area contributed by atoms with Crippen molar-refractivity contribution in [3.05, 3.63) is 156 Å². The number of hydrogen-bond donors (Lipinski definition) is 0. The first-order chi connectivity index (χ1) is 16.2. The summed E-state index contributed by atoms with van der Waals surface area (Å²) in [6.07, 6.45) is 28.3. The highest BCUT2D eigenvalue weighted by atomic mass is 16.5. The van der Waals surface area contributed by atoms with Crippen LogP contribution < -0.4 is 0 Å². The van der Waals surface area contributed by atoms with Crippen LogP contribution in [0.2, 0.25) is 0 Å². The molecule has 0 saturated heterocycles. The molecule has 34 heavy (non-hydrogen) atoms. The summed E-state index contributed by atoms with van der Waals surface area (Å²) in [4.78, 5) is 0. The van der Waals surface area contributed by atoms with Gasteiger partial charge in [-0.3, -0.25) is 0 Å². The molecular weight excluding hydrogens is 412 g/mol. The molecule has 1 heterocycles. The molecule has 178 valence electrons. The third-order valence-electron chi connectivity index (χ3n) is 5.58. The molecule has 0 unspecified atom stereocenters. The number of allylic oxidation sites excluding steroid dienone is 20. The average Bonchev–Trinajstić information content (AvgIpc) is 2.82. The fraction of sp³-hybridized carbons (Fsp3) is 0.212. The van der Waals surface area contributed by atoms with Gasteiger partial charge in [0.2, 0.25) is 0 Å². The lowest BCUT2D eigenvalue weighted by Crippen LogP contribution is -1.96. The lowest BCUT2D eigenvalue weighted by molar-refractivity contribution is 0.340. The van der Waals surface area contributed by atoms with Crippen molar-refractivity contribution in [2.24, 2.45) is 0 Å². The predicted molar refractivity (Wildman–Crippen MR) is 152 cm³/mol. The molecule has 0 bridgehead atoms. The van der Waals surface area contributed by atoms with Gasteiger partial charge in [0.05, 0.1) is 0 Å². The lowest BCUT2D eigenvalue weighted by Gasteiger charge is -2.14. The van der Waals surface area contributed by atoms with E-state index < -0.39 is 0 Å². The van der Waals surface area contributed by atoms with Crippen LogP contribution in [0.15, 0.2) is 156 Å². The monoisotopic (exact) mass is 452 g/mol. The fourth-order valence-corrected chi connectivity index (χ4v) is 3.29. The minimum Gasteiger partial charge on any atom is -0.459 e. The number of rotatable bonds is 7. The van der Waals surface area contributed by atoms with Crippen molar-refractivity contribution in [1.29, 1.82) is 0 Å². The van der Waals surface area contributed by atoms with E-state index in [1.807, 2.05) is 36.5 Å². The smallest absolute Gasteiger partial charge is 0.120 e. The topological polar surface area (TPSA) is 9.23 Å². The summed E-state index contributed by atoms with van der Waals surface area (Å²) in [7, 11) is 0. The van der Waals surface area contributed by atoms with E-state index in [1.54, 1.807) is 0 Å². The van der Waals surface area contributed by atoms with Gasteiger partial charge < -0.3 is 4.74 Å². The van der Waals surface area contributed by atoms with Crippen LogP contribution in [0.5, 0.6) is 0 Å². The largest absolute Gasteiger partial charge is 0.459 e. The van der Waals surface area contributed by atoms with Gasteiger partial charge in [0.1, 0.15) is 11.5 Å². The Labute approximate surface area is 208 Å². The summed E-state index contributed by atoms with van der Waals surface area (Å²) in [5, 5.41) is 0. The Balaban J connectivity index is 3.38. The molecule has 1 aliphatic heterocycles. The first-order valence-corrected chi connectivity index (χ1v) is 11.6. The van der Waals surface area contributed by atoms with Gasteiger partial charge in [-0.15, -0.1) is 0 Å². The maximum Gasteiger partial charge on any atom is 0.120 e. The number of hydrogen-bond acceptors (Lipinski definition) is 1. The number of ether oxygens (including phenoxy) is 1. The summed E-state index contributed by atoms with van der Waals surface area (Å²) >= 11 is 0. The molecule has 1 aliphatic rings. The molecule has 0 atom stereocenters. The van der Waals surface area contributed by atoms with E-state index in [-0.39, 0.29) is 0 Å². The molecular formula is C33H40O. The van der Waals surface area contributed by atoms with Gasteiger partial charge in [-0.25, -0.2) is 0 Å². The van der Waals surface area contributed by atoms with Crippen molar-refractivity contribution in [2.45, 2.75) is 47.5 Å². The molecule has 1 heteroatoms. The van der Waals surface area contributed by atoms with Gasteiger partial charge >= 0.3 is 0 Å². The summed E-state index contributed by atoms with van der Waals surface area (Å²) in [6.45, 7) is 26.4. The van der Waals surface area contributed by atoms with Crippen molar-refractivity contribution in [3.63, 3.8) is 0 Å². The molecule has 0 N–H and O–H groups in total. The highest BCUT2D eigenvalue weighted by molar-refractivity contribution is 5.57. The van der Waals surface area contributed by atoms with E-state index >= 15 is 0 Å². The summed E-state index contributed by atoms with van der Waals surface area (Å²) in [5.41, 5.74) is 7.99. The maximum atomic E-state index is 5.79. The Morgan fingerprint density at radius 3 is 2.03 bits per heavy atom. The molecule has 0 radical (unpaired) electrons. The van der Waals surface area contributed by atoms with Gasteiger partial charge in [-0.2, -0.15) is 0 Å². The van der Waals surface area contributed by atoms with Crippen LogP contribution in [0, 0.1) is 0 Å². The summed E-state index contributed by atoms with van der Waals surface area (Å²) < 4.78 is 5.79. The Kier molecular flexibility index (Phi) is 12.8. The Bertz CT molecular complexity index is 1070. The zero-order valence-corrected chi connectivity index (χ0v) is 21.7. The minimum absolute atomic E-state index is 0.536. The molecule has 0 saturated carbocycles. The third-order valence-corrected chi connectivity index (χ3v) is 5.58. The molecule has 0 fully saturated rings. The van der Waals surface area contributed by atoms with Crippen molar-refractivity contribution in [2.75, 3.05) is 0 Å². The maximum absolute atomic E-state index is 5.79. The van der Waals surface area contributed by atoms with Crippen LogP contribution in [-0.4, -0.2) is 0 Å². The molecule has 0 aromatic carbocycles. The normalized spacial score (nSPS) is 22.1.